The van der Waals surface area contributed by atoms with E-state index in [0.29, 0.717) is 43.1 Å². The van der Waals surface area contributed by atoms with Gasteiger partial charge in [0.1, 0.15) is 11.5 Å². The maximum absolute atomic E-state index is 12.5. The van der Waals surface area contributed by atoms with Crippen LogP contribution in [0.2, 0.25) is 0 Å². The van der Waals surface area contributed by atoms with Gasteiger partial charge in [-0.3, -0.25) is 9.59 Å². The molecule has 0 bridgehead atoms. The Bertz CT molecular complexity index is 812. The highest BCUT2D eigenvalue weighted by Crippen LogP contribution is 2.22. The molecule has 3 rings (SSSR count). The number of rotatable bonds is 6. The van der Waals surface area contributed by atoms with Gasteiger partial charge in [-0.05, 0) is 44.0 Å². The lowest BCUT2D eigenvalue weighted by molar-refractivity contribution is -0.136. The quantitative estimate of drug-likeness (QED) is 0.833. The molecule has 0 atom stereocenters. The van der Waals surface area contributed by atoms with Gasteiger partial charge in [-0.2, -0.15) is 0 Å². The number of hydrogen-bond acceptors (Lipinski definition) is 4. The van der Waals surface area contributed by atoms with Gasteiger partial charge in [0.2, 0.25) is 5.91 Å². The van der Waals surface area contributed by atoms with Crippen LogP contribution in [0.4, 0.5) is 5.69 Å². The molecule has 0 spiro atoms. The largest absolute Gasteiger partial charge is 0.497 e. The van der Waals surface area contributed by atoms with Crippen LogP contribution in [-0.2, 0) is 9.59 Å². The van der Waals surface area contributed by atoms with Crippen LogP contribution in [0.25, 0.3) is 0 Å². The first-order valence-corrected chi connectivity index (χ1v) is 9.47. The molecular weight excluding hydrogens is 356 g/mol. The number of ether oxygens (including phenoxy) is 2. The second kappa shape index (κ2) is 9.26. The van der Waals surface area contributed by atoms with Crippen molar-refractivity contribution >= 4 is 17.5 Å². The molecule has 28 heavy (non-hydrogen) atoms. The number of carbonyl (C=O) groups excluding carboxylic acids is 2. The van der Waals surface area contributed by atoms with Crippen molar-refractivity contribution < 1.29 is 19.1 Å². The Morgan fingerprint density at radius 2 is 1.79 bits per heavy atom. The van der Waals surface area contributed by atoms with E-state index in [2.05, 4.69) is 5.32 Å². The van der Waals surface area contributed by atoms with E-state index < -0.39 is 0 Å². The highest BCUT2D eigenvalue weighted by Gasteiger charge is 2.27. The number of anilines is 1. The molecule has 1 N–H and O–H groups in total. The minimum absolute atomic E-state index is 0.0174. The smallest absolute Gasteiger partial charge is 0.260 e. The summed E-state index contributed by atoms with van der Waals surface area (Å²) in [5, 5.41) is 2.93. The van der Waals surface area contributed by atoms with Crippen molar-refractivity contribution in [2.24, 2.45) is 5.92 Å². The van der Waals surface area contributed by atoms with Gasteiger partial charge in [-0.1, -0.05) is 23.8 Å². The molecule has 0 unspecified atom stereocenters. The van der Waals surface area contributed by atoms with Crippen LogP contribution in [0.3, 0.4) is 0 Å². The van der Waals surface area contributed by atoms with E-state index in [0.717, 1.165) is 5.56 Å². The predicted molar refractivity (Wildman–Crippen MR) is 108 cm³/mol. The van der Waals surface area contributed by atoms with Crippen molar-refractivity contribution in [3.8, 4) is 11.5 Å². The number of carbonyl (C=O) groups is 2. The molecule has 1 fully saturated rings. The molecule has 1 aliphatic heterocycles. The normalized spacial score (nSPS) is 14.4. The summed E-state index contributed by atoms with van der Waals surface area (Å²) >= 11 is 0. The molecule has 2 aromatic carbocycles. The van der Waals surface area contributed by atoms with Crippen molar-refractivity contribution in [1.82, 2.24) is 4.90 Å². The van der Waals surface area contributed by atoms with Gasteiger partial charge in [0.15, 0.2) is 6.61 Å². The fourth-order valence-electron chi connectivity index (χ4n) is 3.21. The number of hydrogen-bond donors (Lipinski definition) is 1. The standard InChI is InChI=1S/C22H26N2O4/c1-16-6-8-19(9-7-16)28-15-21(25)24-12-10-17(11-13-24)22(26)23-18-4-3-5-20(14-18)27-2/h3-9,14,17H,10-13,15H2,1-2H3,(H,23,26). The topological polar surface area (TPSA) is 67.9 Å². The van der Waals surface area contributed by atoms with E-state index >= 15 is 0 Å². The van der Waals surface area contributed by atoms with Crippen molar-refractivity contribution in [3.63, 3.8) is 0 Å². The summed E-state index contributed by atoms with van der Waals surface area (Å²) in [6.07, 6.45) is 1.29. The molecule has 1 saturated heterocycles. The van der Waals surface area contributed by atoms with Gasteiger partial charge in [0.05, 0.1) is 7.11 Å². The summed E-state index contributed by atoms with van der Waals surface area (Å²) in [6.45, 7) is 3.14. The zero-order valence-corrected chi connectivity index (χ0v) is 16.3. The highest BCUT2D eigenvalue weighted by molar-refractivity contribution is 5.93. The number of piperidine rings is 1. The van der Waals surface area contributed by atoms with E-state index in [1.54, 1.807) is 18.1 Å². The van der Waals surface area contributed by atoms with Crippen molar-refractivity contribution in [2.75, 3.05) is 32.1 Å². The predicted octanol–water partition coefficient (Wildman–Crippen LogP) is 3.26. The number of amides is 2. The van der Waals surface area contributed by atoms with E-state index in [1.165, 1.54) is 0 Å². The molecule has 148 valence electrons. The lowest BCUT2D eigenvalue weighted by Crippen LogP contribution is -2.43. The molecule has 0 radical (unpaired) electrons. The van der Waals surface area contributed by atoms with Gasteiger partial charge >= 0.3 is 0 Å². The summed E-state index contributed by atoms with van der Waals surface area (Å²) in [5.74, 6) is 1.22. The average Bonchev–Trinajstić information content (AvgIpc) is 2.73. The maximum Gasteiger partial charge on any atom is 0.260 e. The minimum Gasteiger partial charge on any atom is -0.497 e. The molecular formula is C22H26N2O4. The Balaban J connectivity index is 1.44. The summed E-state index contributed by atoms with van der Waals surface area (Å²) in [4.78, 5) is 26.6. The minimum atomic E-state index is -0.103. The van der Waals surface area contributed by atoms with Crippen molar-refractivity contribution in [2.45, 2.75) is 19.8 Å². The molecule has 2 aromatic rings. The summed E-state index contributed by atoms with van der Waals surface area (Å²) in [5.41, 5.74) is 1.86. The SMILES string of the molecule is COc1cccc(NC(=O)C2CCN(C(=O)COc3ccc(C)cc3)CC2)c1. The van der Waals surface area contributed by atoms with Gasteiger partial charge < -0.3 is 19.7 Å². The Hall–Kier alpha value is -3.02. The molecule has 1 heterocycles. The number of methoxy groups -OCH3 is 1. The Morgan fingerprint density at radius 3 is 2.46 bits per heavy atom. The number of likely N-dealkylation sites (tertiary alicyclic amines) is 1. The van der Waals surface area contributed by atoms with E-state index in [-0.39, 0.29) is 24.3 Å². The average molecular weight is 382 g/mol. The number of nitrogens with zero attached hydrogens (tertiary/aromatic N) is 1. The van der Waals surface area contributed by atoms with Crippen LogP contribution >= 0.6 is 0 Å². The third-order valence-electron chi connectivity index (χ3n) is 4.94. The van der Waals surface area contributed by atoms with Gasteiger partial charge in [0.25, 0.3) is 5.91 Å². The summed E-state index contributed by atoms with van der Waals surface area (Å²) in [6, 6.07) is 14.9. The molecule has 6 heteroatoms. The van der Waals surface area contributed by atoms with Crippen LogP contribution in [0, 0.1) is 12.8 Å². The third-order valence-corrected chi connectivity index (χ3v) is 4.94. The van der Waals surface area contributed by atoms with E-state index in [9.17, 15) is 9.59 Å². The maximum atomic E-state index is 12.5. The third kappa shape index (κ3) is 5.25. The fraction of sp³-hybridized carbons (Fsp3) is 0.364. The van der Waals surface area contributed by atoms with Gasteiger partial charge in [-0.15, -0.1) is 0 Å². The lowest BCUT2D eigenvalue weighted by atomic mass is 9.95. The Morgan fingerprint density at radius 1 is 1.07 bits per heavy atom. The highest BCUT2D eigenvalue weighted by atomic mass is 16.5. The monoisotopic (exact) mass is 382 g/mol. The molecule has 0 aliphatic carbocycles. The van der Waals surface area contributed by atoms with Crippen molar-refractivity contribution in [1.29, 1.82) is 0 Å². The molecule has 0 aromatic heterocycles. The first-order valence-electron chi connectivity index (χ1n) is 9.47. The Kier molecular flexibility index (Phi) is 6.53. The second-order valence-corrected chi connectivity index (χ2v) is 6.98. The zero-order chi connectivity index (χ0) is 19.9. The number of aryl methyl sites for hydroxylation is 1. The van der Waals surface area contributed by atoms with Crippen LogP contribution in [-0.4, -0.2) is 43.5 Å². The van der Waals surface area contributed by atoms with Gasteiger partial charge in [-0.25, -0.2) is 0 Å². The van der Waals surface area contributed by atoms with Crippen LogP contribution in [0.5, 0.6) is 11.5 Å². The first kappa shape index (κ1) is 19.7. The Labute approximate surface area is 165 Å². The second-order valence-electron chi connectivity index (χ2n) is 6.98. The molecule has 0 saturated carbocycles. The molecule has 6 nitrogen and oxygen atoms in total. The van der Waals surface area contributed by atoms with Gasteiger partial charge in [0, 0.05) is 30.8 Å². The van der Waals surface area contributed by atoms with E-state index in [4.69, 9.17) is 9.47 Å². The summed E-state index contributed by atoms with van der Waals surface area (Å²) < 4.78 is 10.7. The summed E-state index contributed by atoms with van der Waals surface area (Å²) in [7, 11) is 1.59. The van der Waals surface area contributed by atoms with Crippen LogP contribution < -0.4 is 14.8 Å². The zero-order valence-electron chi connectivity index (χ0n) is 16.3. The number of nitrogens with one attached hydrogen (secondary N) is 1. The van der Waals surface area contributed by atoms with Crippen LogP contribution in [0.15, 0.2) is 48.5 Å². The first-order chi connectivity index (χ1) is 13.5. The number of benzene rings is 2. The van der Waals surface area contributed by atoms with Crippen molar-refractivity contribution in [3.05, 3.63) is 54.1 Å². The van der Waals surface area contributed by atoms with E-state index in [1.807, 2.05) is 49.4 Å². The molecule has 1 aliphatic rings. The fourth-order valence-corrected chi connectivity index (χ4v) is 3.21. The van der Waals surface area contributed by atoms with Crippen LogP contribution in [0.1, 0.15) is 18.4 Å². The molecule has 2 amide bonds. The lowest BCUT2D eigenvalue weighted by Gasteiger charge is -2.31.